The summed E-state index contributed by atoms with van der Waals surface area (Å²) in [6, 6.07) is 5.85. The molecular formula is C23H28N4O6S2. The van der Waals surface area contributed by atoms with E-state index in [4.69, 9.17) is 4.84 Å². The molecule has 0 unspecified atom stereocenters. The van der Waals surface area contributed by atoms with Crippen LogP contribution in [0, 0.1) is 0 Å². The van der Waals surface area contributed by atoms with Crippen LogP contribution in [0.15, 0.2) is 40.5 Å². The van der Waals surface area contributed by atoms with Gasteiger partial charge in [0.05, 0.1) is 17.2 Å². The summed E-state index contributed by atoms with van der Waals surface area (Å²) in [5.41, 5.74) is 0.387. The highest BCUT2D eigenvalue weighted by Crippen LogP contribution is 2.24. The number of anilines is 1. The molecule has 0 radical (unpaired) electrons. The quantitative estimate of drug-likeness (QED) is 0.422. The lowest BCUT2D eigenvalue weighted by molar-refractivity contribution is -0.110. The number of sulfone groups is 1. The van der Waals surface area contributed by atoms with Crippen LogP contribution in [0.2, 0.25) is 0 Å². The number of piperidine rings is 1. The minimum Gasteiger partial charge on any atom is -0.393 e. The molecule has 35 heavy (non-hydrogen) atoms. The summed E-state index contributed by atoms with van der Waals surface area (Å²) in [5.74, 6) is -0.769. The summed E-state index contributed by atoms with van der Waals surface area (Å²) < 4.78 is 23.6. The number of hydrogen-bond donors (Lipinski definition) is 2. The van der Waals surface area contributed by atoms with Crippen LogP contribution in [-0.4, -0.2) is 72.5 Å². The number of carbonyl (C=O) groups excluding carboxylic acids is 2. The van der Waals surface area contributed by atoms with Crippen molar-refractivity contribution in [2.45, 2.75) is 55.6 Å². The molecule has 10 nitrogen and oxygen atoms in total. The summed E-state index contributed by atoms with van der Waals surface area (Å²) in [6.07, 6.45) is 6.94. The molecule has 2 heterocycles. The average molecular weight is 521 g/mol. The number of hydrogen-bond acceptors (Lipinski definition) is 9. The summed E-state index contributed by atoms with van der Waals surface area (Å²) >= 11 is 1.05. The fourth-order valence-electron chi connectivity index (χ4n) is 4.02. The van der Waals surface area contributed by atoms with Crippen molar-refractivity contribution in [3.05, 3.63) is 40.9 Å². The molecule has 2 aromatic rings. The van der Waals surface area contributed by atoms with Gasteiger partial charge >= 0.3 is 0 Å². The van der Waals surface area contributed by atoms with E-state index in [1.165, 1.54) is 30.5 Å². The molecule has 12 heteroatoms. The largest absolute Gasteiger partial charge is 0.393 e. The average Bonchev–Trinajstić information content (AvgIpc) is 3.51. The van der Waals surface area contributed by atoms with Crippen LogP contribution in [0.1, 0.15) is 53.8 Å². The Morgan fingerprint density at radius 1 is 1.14 bits per heavy atom. The molecule has 0 spiro atoms. The maximum atomic E-state index is 13.1. The maximum Gasteiger partial charge on any atom is 0.280 e. The van der Waals surface area contributed by atoms with Gasteiger partial charge in [0.15, 0.2) is 20.7 Å². The van der Waals surface area contributed by atoms with Gasteiger partial charge < -0.3 is 14.8 Å². The van der Waals surface area contributed by atoms with E-state index in [1.54, 1.807) is 4.90 Å². The number of carbonyl (C=O) groups is 2. The van der Waals surface area contributed by atoms with E-state index < -0.39 is 15.7 Å². The summed E-state index contributed by atoms with van der Waals surface area (Å²) in [6.45, 7) is 0.941. The van der Waals surface area contributed by atoms with E-state index in [2.05, 4.69) is 15.5 Å². The molecule has 1 aromatic heterocycles. The molecule has 2 N–H and O–H groups in total. The van der Waals surface area contributed by atoms with Crippen molar-refractivity contribution in [1.82, 2.24) is 9.88 Å². The first-order valence-electron chi connectivity index (χ1n) is 11.5. The first-order chi connectivity index (χ1) is 16.7. The second kappa shape index (κ2) is 10.8. The predicted molar refractivity (Wildman–Crippen MR) is 131 cm³/mol. The number of amides is 2. The molecule has 2 fully saturated rings. The number of thiazole rings is 1. The van der Waals surface area contributed by atoms with Crippen LogP contribution in [0.5, 0.6) is 0 Å². The molecular weight excluding hydrogens is 492 g/mol. The Morgan fingerprint density at radius 3 is 2.43 bits per heavy atom. The molecule has 2 amide bonds. The van der Waals surface area contributed by atoms with Gasteiger partial charge in [0.2, 0.25) is 0 Å². The fraction of sp³-hybridized carbons (Fsp3) is 0.478. The molecule has 2 aliphatic rings. The Kier molecular flexibility index (Phi) is 7.82. The van der Waals surface area contributed by atoms with E-state index in [9.17, 15) is 23.1 Å². The van der Waals surface area contributed by atoms with E-state index in [0.29, 0.717) is 36.4 Å². The molecule has 0 bridgehead atoms. The van der Waals surface area contributed by atoms with Crippen LogP contribution in [0.25, 0.3) is 0 Å². The van der Waals surface area contributed by atoms with Crippen molar-refractivity contribution in [3.63, 3.8) is 0 Å². The zero-order chi connectivity index (χ0) is 25.0. The fourth-order valence-corrected chi connectivity index (χ4v) is 5.43. The van der Waals surface area contributed by atoms with Crippen molar-refractivity contribution >= 4 is 43.8 Å². The van der Waals surface area contributed by atoms with Crippen LogP contribution in [0.4, 0.5) is 5.13 Å². The van der Waals surface area contributed by atoms with Crippen molar-refractivity contribution in [1.29, 1.82) is 0 Å². The first kappa shape index (κ1) is 25.3. The third-order valence-corrected chi connectivity index (χ3v) is 8.08. The van der Waals surface area contributed by atoms with Gasteiger partial charge in [-0.3, -0.25) is 14.9 Å². The molecule has 1 aliphatic heterocycles. The van der Waals surface area contributed by atoms with Crippen molar-refractivity contribution < 1.29 is 28.0 Å². The first-order valence-corrected chi connectivity index (χ1v) is 14.2. The highest BCUT2D eigenvalue weighted by Gasteiger charge is 2.25. The van der Waals surface area contributed by atoms with Gasteiger partial charge in [0, 0.05) is 24.9 Å². The lowest BCUT2D eigenvalue weighted by atomic mass is 10.1. The predicted octanol–water partition coefficient (Wildman–Crippen LogP) is 2.45. The second-order valence-corrected chi connectivity index (χ2v) is 11.8. The van der Waals surface area contributed by atoms with Crippen molar-refractivity contribution in [2.24, 2.45) is 5.16 Å². The Labute approximate surface area is 207 Å². The van der Waals surface area contributed by atoms with E-state index in [-0.39, 0.29) is 33.9 Å². The molecule has 0 atom stereocenters. The SMILES string of the molecule is CS(=O)(=O)c1ccc(/C(=N\OC2CCCC2)C(=O)Nc2ncc(C(=O)N3CCC(O)CC3)s2)cc1. The Morgan fingerprint density at radius 2 is 1.80 bits per heavy atom. The zero-order valence-corrected chi connectivity index (χ0v) is 21.0. The Hall–Kier alpha value is -2.83. The van der Waals surface area contributed by atoms with Crippen LogP contribution < -0.4 is 5.32 Å². The molecule has 188 valence electrons. The van der Waals surface area contributed by atoms with Gasteiger partial charge in [-0.05, 0) is 50.7 Å². The minimum absolute atomic E-state index is 0.00922. The number of aliphatic hydroxyl groups excluding tert-OH is 1. The van der Waals surface area contributed by atoms with Crippen molar-refractivity contribution in [2.75, 3.05) is 24.7 Å². The number of nitrogens with zero attached hydrogens (tertiary/aromatic N) is 3. The minimum atomic E-state index is -3.39. The monoisotopic (exact) mass is 520 g/mol. The second-order valence-electron chi connectivity index (χ2n) is 8.76. The van der Waals surface area contributed by atoms with E-state index in [0.717, 1.165) is 43.3 Å². The number of aromatic nitrogens is 1. The number of benzene rings is 1. The topological polar surface area (TPSA) is 138 Å². The maximum absolute atomic E-state index is 13.1. The van der Waals surface area contributed by atoms with Gasteiger partial charge in [0.25, 0.3) is 11.8 Å². The number of aliphatic hydroxyl groups is 1. The Bertz CT molecular complexity index is 1190. The van der Waals surface area contributed by atoms with Gasteiger partial charge in [-0.2, -0.15) is 0 Å². The number of likely N-dealkylation sites (tertiary alicyclic amines) is 1. The van der Waals surface area contributed by atoms with Gasteiger partial charge in [-0.25, -0.2) is 13.4 Å². The van der Waals surface area contributed by atoms with E-state index in [1.807, 2.05) is 0 Å². The van der Waals surface area contributed by atoms with Gasteiger partial charge in [-0.1, -0.05) is 28.6 Å². The standard InChI is InChI=1S/C23H28N4O6S2/c1-35(31,32)18-8-6-15(7-9-18)20(26-33-17-4-2-3-5-17)21(29)25-23-24-14-19(34-23)22(30)27-12-10-16(28)11-13-27/h6-9,14,16-17,28H,2-5,10-13H2,1H3,(H,24,25,29)/b26-20+. The smallest absolute Gasteiger partial charge is 0.280 e. The van der Waals surface area contributed by atoms with Crippen LogP contribution >= 0.6 is 11.3 Å². The number of oxime groups is 1. The van der Waals surface area contributed by atoms with Crippen LogP contribution in [0.3, 0.4) is 0 Å². The Balaban J connectivity index is 1.50. The summed E-state index contributed by atoms with van der Waals surface area (Å²) in [5, 5.41) is 16.7. The molecule has 1 saturated heterocycles. The third-order valence-electron chi connectivity index (χ3n) is 6.05. The van der Waals surface area contributed by atoms with E-state index >= 15 is 0 Å². The van der Waals surface area contributed by atoms with Crippen molar-refractivity contribution in [3.8, 4) is 0 Å². The lowest BCUT2D eigenvalue weighted by Crippen LogP contribution is -2.39. The summed E-state index contributed by atoms with van der Waals surface area (Å²) in [7, 11) is -3.39. The molecule has 1 aromatic carbocycles. The molecule has 1 aliphatic carbocycles. The highest BCUT2D eigenvalue weighted by atomic mass is 32.2. The number of rotatable bonds is 7. The number of nitrogens with one attached hydrogen (secondary N) is 1. The molecule has 4 rings (SSSR count). The van der Waals surface area contributed by atoms with Gasteiger partial charge in [-0.15, -0.1) is 0 Å². The summed E-state index contributed by atoms with van der Waals surface area (Å²) in [4.78, 5) is 37.8. The van der Waals surface area contributed by atoms with Gasteiger partial charge in [0.1, 0.15) is 11.0 Å². The zero-order valence-electron chi connectivity index (χ0n) is 19.3. The normalized spacial score (nSPS) is 18.0. The third kappa shape index (κ3) is 6.44. The highest BCUT2D eigenvalue weighted by molar-refractivity contribution is 7.90. The van der Waals surface area contributed by atoms with Crippen LogP contribution in [-0.2, 0) is 19.5 Å². The molecule has 1 saturated carbocycles. The lowest BCUT2D eigenvalue weighted by Gasteiger charge is -2.29.